The number of carbonyl (C=O) groups is 1. The lowest BCUT2D eigenvalue weighted by molar-refractivity contribution is 0.0936. The van der Waals surface area contributed by atoms with Gasteiger partial charge in [0.25, 0.3) is 5.91 Å². The molecule has 4 nitrogen and oxygen atoms in total. The maximum atomic E-state index is 11.5. The quantitative estimate of drug-likeness (QED) is 0.781. The number of carbonyl (C=O) groups excluding carboxylic acids is 1. The van der Waals surface area contributed by atoms with Gasteiger partial charge in [-0.1, -0.05) is 11.6 Å². The number of nitrogens with two attached hydrogens (primary N) is 1. The summed E-state index contributed by atoms with van der Waals surface area (Å²) in [5, 5.41) is 3.20. The van der Waals surface area contributed by atoms with Gasteiger partial charge in [0.2, 0.25) is 0 Å². The number of halogens is 1. The summed E-state index contributed by atoms with van der Waals surface area (Å²) in [4.78, 5) is 15.3. The van der Waals surface area contributed by atoms with E-state index in [-0.39, 0.29) is 11.9 Å². The van der Waals surface area contributed by atoms with E-state index in [4.69, 9.17) is 17.3 Å². The largest absolute Gasteiger partial charge is 0.347 e. The maximum Gasteiger partial charge on any atom is 0.270 e. The number of rotatable bonds is 3. The number of nitrogens with one attached hydrogen (secondary N) is 1. The molecule has 1 aromatic heterocycles. The molecule has 0 saturated heterocycles. The summed E-state index contributed by atoms with van der Waals surface area (Å²) < 4.78 is 0. The van der Waals surface area contributed by atoms with E-state index in [0.29, 0.717) is 17.3 Å². The first-order valence-electron chi connectivity index (χ1n) is 4.26. The summed E-state index contributed by atoms with van der Waals surface area (Å²) >= 11 is 5.64. The predicted octanol–water partition coefficient (Wildman–Crippen LogP) is 0.812. The monoisotopic (exact) mass is 213 g/mol. The van der Waals surface area contributed by atoms with E-state index in [2.05, 4.69) is 10.3 Å². The van der Waals surface area contributed by atoms with Gasteiger partial charge in [-0.15, -0.1) is 0 Å². The van der Waals surface area contributed by atoms with Crippen LogP contribution in [-0.4, -0.2) is 23.5 Å². The van der Waals surface area contributed by atoms with Gasteiger partial charge in [-0.3, -0.25) is 4.79 Å². The van der Waals surface area contributed by atoms with Gasteiger partial charge in [-0.25, -0.2) is 4.98 Å². The summed E-state index contributed by atoms with van der Waals surface area (Å²) in [6.45, 7) is 2.23. The van der Waals surface area contributed by atoms with Crippen molar-refractivity contribution in [2.45, 2.75) is 13.0 Å². The number of aromatic nitrogens is 1. The fourth-order valence-electron chi connectivity index (χ4n) is 0.867. The zero-order valence-electron chi connectivity index (χ0n) is 7.83. The molecule has 1 atom stereocenters. The van der Waals surface area contributed by atoms with Crippen LogP contribution in [-0.2, 0) is 0 Å². The van der Waals surface area contributed by atoms with Gasteiger partial charge < -0.3 is 11.1 Å². The Labute approximate surface area is 87.5 Å². The van der Waals surface area contributed by atoms with Crippen molar-refractivity contribution < 1.29 is 4.79 Å². The normalized spacial score (nSPS) is 12.2. The van der Waals surface area contributed by atoms with Crippen LogP contribution in [0, 0.1) is 0 Å². The lowest BCUT2D eigenvalue weighted by atomic mass is 10.3. The Kier molecular flexibility index (Phi) is 3.85. The maximum absolute atomic E-state index is 11.5. The second-order valence-corrected chi connectivity index (χ2v) is 3.41. The first kappa shape index (κ1) is 10.9. The topological polar surface area (TPSA) is 68.0 Å². The van der Waals surface area contributed by atoms with Crippen molar-refractivity contribution in [3.63, 3.8) is 0 Å². The standard InChI is InChI=1S/C9H12ClN3O/c1-6(4-11)13-9(14)8-3-2-7(10)5-12-8/h2-3,5-6H,4,11H2,1H3,(H,13,14). The van der Waals surface area contributed by atoms with E-state index in [1.54, 1.807) is 12.1 Å². The van der Waals surface area contributed by atoms with Crippen LogP contribution < -0.4 is 11.1 Å². The highest BCUT2D eigenvalue weighted by atomic mass is 35.5. The molecule has 0 radical (unpaired) electrons. The molecule has 0 fully saturated rings. The molecule has 0 aliphatic carbocycles. The molecule has 0 aromatic carbocycles. The molecule has 1 rings (SSSR count). The van der Waals surface area contributed by atoms with Gasteiger partial charge in [0, 0.05) is 18.8 Å². The molecule has 0 aliphatic rings. The summed E-state index contributed by atoms with van der Waals surface area (Å²) in [7, 11) is 0. The molecule has 0 bridgehead atoms. The van der Waals surface area contributed by atoms with Gasteiger partial charge >= 0.3 is 0 Å². The Bertz CT molecular complexity index is 312. The summed E-state index contributed by atoms with van der Waals surface area (Å²) in [5.41, 5.74) is 5.71. The summed E-state index contributed by atoms with van der Waals surface area (Å²) in [6.07, 6.45) is 1.43. The third-order valence-corrected chi connectivity index (χ3v) is 1.91. The highest BCUT2D eigenvalue weighted by Crippen LogP contribution is 2.05. The molecule has 76 valence electrons. The van der Waals surface area contributed by atoms with Crippen molar-refractivity contribution in [1.29, 1.82) is 0 Å². The summed E-state index contributed by atoms with van der Waals surface area (Å²) in [6, 6.07) is 3.14. The molecule has 0 saturated carbocycles. The fourth-order valence-corrected chi connectivity index (χ4v) is 0.979. The molecule has 0 aliphatic heterocycles. The molecule has 5 heteroatoms. The van der Waals surface area contributed by atoms with E-state index in [1.165, 1.54) is 6.20 Å². The SMILES string of the molecule is CC(CN)NC(=O)c1ccc(Cl)cn1. The van der Waals surface area contributed by atoms with Crippen molar-refractivity contribution in [3.05, 3.63) is 29.0 Å². The second kappa shape index (κ2) is 4.93. The minimum Gasteiger partial charge on any atom is -0.347 e. The highest BCUT2D eigenvalue weighted by molar-refractivity contribution is 6.30. The zero-order valence-corrected chi connectivity index (χ0v) is 8.58. The van der Waals surface area contributed by atoms with Crippen LogP contribution in [0.25, 0.3) is 0 Å². The minimum absolute atomic E-state index is 0.0556. The molecule has 1 unspecified atom stereocenters. The highest BCUT2D eigenvalue weighted by Gasteiger charge is 2.08. The van der Waals surface area contributed by atoms with Crippen LogP contribution in [0.3, 0.4) is 0 Å². The zero-order chi connectivity index (χ0) is 10.6. The van der Waals surface area contributed by atoms with Gasteiger partial charge in [-0.05, 0) is 19.1 Å². The van der Waals surface area contributed by atoms with E-state index in [9.17, 15) is 4.79 Å². The van der Waals surface area contributed by atoms with E-state index in [0.717, 1.165) is 0 Å². The van der Waals surface area contributed by atoms with E-state index in [1.807, 2.05) is 6.92 Å². The fraction of sp³-hybridized carbons (Fsp3) is 0.333. The molecule has 1 aromatic rings. The van der Waals surface area contributed by atoms with Crippen LogP contribution in [0.2, 0.25) is 5.02 Å². The van der Waals surface area contributed by atoms with Crippen LogP contribution in [0.15, 0.2) is 18.3 Å². The Morgan fingerprint density at radius 1 is 1.71 bits per heavy atom. The van der Waals surface area contributed by atoms with Crippen molar-refractivity contribution >= 4 is 17.5 Å². The molecule has 0 spiro atoms. The Morgan fingerprint density at radius 2 is 2.43 bits per heavy atom. The van der Waals surface area contributed by atoms with Crippen LogP contribution in [0.4, 0.5) is 0 Å². The van der Waals surface area contributed by atoms with Gasteiger partial charge in [0.15, 0.2) is 0 Å². The Morgan fingerprint density at radius 3 is 2.93 bits per heavy atom. The number of amides is 1. The smallest absolute Gasteiger partial charge is 0.270 e. The second-order valence-electron chi connectivity index (χ2n) is 2.97. The first-order chi connectivity index (χ1) is 6.63. The molecule has 14 heavy (non-hydrogen) atoms. The third kappa shape index (κ3) is 2.97. The van der Waals surface area contributed by atoms with Crippen molar-refractivity contribution in [2.75, 3.05) is 6.54 Å². The van der Waals surface area contributed by atoms with Gasteiger partial charge in [0.05, 0.1) is 5.02 Å². The van der Waals surface area contributed by atoms with Crippen molar-refractivity contribution in [1.82, 2.24) is 10.3 Å². The van der Waals surface area contributed by atoms with Crippen LogP contribution >= 0.6 is 11.6 Å². The van der Waals surface area contributed by atoms with Crippen molar-refractivity contribution in [2.24, 2.45) is 5.73 Å². The lowest BCUT2D eigenvalue weighted by Gasteiger charge is -2.10. The molecular weight excluding hydrogens is 202 g/mol. The molecule has 1 heterocycles. The van der Waals surface area contributed by atoms with Gasteiger partial charge in [0.1, 0.15) is 5.69 Å². The van der Waals surface area contributed by atoms with Crippen LogP contribution in [0.1, 0.15) is 17.4 Å². The number of hydrogen-bond donors (Lipinski definition) is 2. The summed E-state index contributed by atoms with van der Waals surface area (Å²) in [5.74, 6) is -0.236. The average Bonchev–Trinajstić information content (AvgIpc) is 2.18. The molecule has 3 N–H and O–H groups in total. The molecular formula is C9H12ClN3O. The van der Waals surface area contributed by atoms with Crippen LogP contribution in [0.5, 0.6) is 0 Å². The predicted molar refractivity (Wildman–Crippen MR) is 55.2 cm³/mol. The number of pyridine rings is 1. The van der Waals surface area contributed by atoms with E-state index < -0.39 is 0 Å². The van der Waals surface area contributed by atoms with E-state index >= 15 is 0 Å². The first-order valence-corrected chi connectivity index (χ1v) is 4.63. The van der Waals surface area contributed by atoms with Gasteiger partial charge in [-0.2, -0.15) is 0 Å². The third-order valence-electron chi connectivity index (χ3n) is 1.69. The minimum atomic E-state index is -0.236. The number of nitrogens with zero attached hydrogens (tertiary/aromatic N) is 1. The number of hydrogen-bond acceptors (Lipinski definition) is 3. The average molecular weight is 214 g/mol. The Balaban J connectivity index is 2.65. The van der Waals surface area contributed by atoms with Crippen molar-refractivity contribution in [3.8, 4) is 0 Å². The molecule has 1 amide bonds. The Hall–Kier alpha value is -1.13. The lowest BCUT2D eigenvalue weighted by Crippen LogP contribution is -2.38.